The number of phenolic OH excluding ortho intramolecular Hbond substituents is 2. The van der Waals surface area contributed by atoms with Crippen LogP contribution in [0, 0.1) is 5.82 Å². The molecule has 28 heavy (non-hydrogen) atoms. The van der Waals surface area contributed by atoms with Gasteiger partial charge in [0.1, 0.15) is 34.0 Å². The van der Waals surface area contributed by atoms with Gasteiger partial charge in [-0.3, -0.25) is 4.79 Å². The Hall–Kier alpha value is -3.80. The summed E-state index contributed by atoms with van der Waals surface area (Å²) in [6, 6.07) is 17.2. The molecule has 3 aromatic carbocycles. The molecule has 0 radical (unpaired) electrons. The molecule has 0 aliphatic carbocycles. The van der Waals surface area contributed by atoms with Crippen molar-refractivity contribution in [2.45, 2.75) is 6.54 Å². The number of benzene rings is 3. The zero-order valence-electron chi connectivity index (χ0n) is 14.6. The Morgan fingerprint density at radius 1 is 0.964 bits per heavy atom. The van der Waals surface area contributed by atoms with E-state index >= 15 is 0 Å². The van der Waals surface area contributed by atoms with Crippen LogP contribution in [0.25, 0.3) is 22.3 Å². The highest BCUT2D eigenvalue weighted by atomic mass is 19.1. The van der Waals surface area contributed by atoms with Crippen LogP contribution in [-0.4, -0.2) is 10.2 Å². The fraction of sp³-hybridized carbons (Fsp3) is 0.0455. The molecule has 0 atom stereocenters. The molecular weight excluding hydrogens is 361 g/mol. The van der Waals surface area contributed by atoms with E-state index < -0.39 is 5.43 Å². The number of anilines is 1. The summed E-state index contributed by atoms with van der Waals surface area (Å²) >= 11 is 0. The Morgan fingerprint density at radius 2 is 1.68 bits per heavy atom. The molecule has 1 aromatic heterocycles. The van der Waals surface area contributed by atoms with Crippen LogP contribution >= 0.6 is 0 Å². The highest BCUT2D eigenvalue weighted by molar-refractivity contribution is 5.87. The lowest BCUT2D eigenvalue weighted by Gasteiger charge is -2.13. The van der Waals surface area contributed by atoms with Gasteiger partial charge in [-0.1, -0.05) is 30.3 Å². The lowest BCUT2D eigenvalue weighted by Crippen LogP contribution is -2.15. The molecule has 0 unspecified atom stereocenters. The zero-order valence-corrected chi connectivity index (χ0v) is 14.6. The zero-order chi connectivity index (χ0) is 19.7. The van der Waals surface area contributed by atoms with Crippen LogP contribution in [0.15, 0.2) is 75.9 Å². The van der Waals surface area contributed by atoms with Crippen molar-refractivity contribution >= 4 is 16.7 Å². The molecule has 6 heteroatoms. The standard InChI is InChI=1S/C22H16FNO4/c23-14-6-8-15(9-7-14)24-12-17-21(27)20-18(26)10-16(25)11-19(20)28-22(17)13-4-2-1-3-5-13/h1-11,24-26H,12H2. The van der Waals surface area contributed by atoms with E-state index in [1.807, 2.05) is 18.2 Å². The summed E-state index contributed by atoms with van der Waals surface area (Å²) in [5.41, 5.74) is 1.30. The Labute approximate surface area is 159 Å². The summed E-state index contributed by atoms with van der Waals surface area (Å²) in [6.45, 7) is 0.106. The molecule has 0 saturated heterocycles. The van der Waals surface area contributed by atoms with Crippen LogP contribution in [0.3, 0.4) is 0 Å². The third-order valence-corrected chi connectivity index (χ3v) is 4.40. The van der Waals surface area contributed by atoms with Gasteiger partial charge in [0.2, 0.25) is 5.43 Å². The molecule has 0 bridgehead atoms. The molecule has 1 heterocycles. The van der Waals surface area contributed by atoms with E-state index in [9.17, 15) is 19.4 Å². The Kier molecular flexibility index (Phi) is 4.45. The third kappa shape index (κ3) is 3.27. The number of halogens is 1. The van der Waals surface area contributed by atoms with Crippen LogP contribution in [0.4, 0.5) is 10.1 Å². The van der Waals surface area contributed by atoms with Gasteiger partial charge in [-0.05, 0) is 24.3 Å². The number of fused-ring (bicyclic) bond motifs is 1. The molecule has 0 aliphatic heterocycles. The Morgan fingerprint density at radius 3 is 2.39 bits per heavy atom. The van der Waals surface area contributed by atoms with E-state index in [1.54, 1.807) is 24.3 Å². The maximum absolute atomic E-state index is 13.1. The maximum Gasteiger partial charge on any atom is 0.202 e. The van der Waals surface area contributed by atoms with Crippen molar-refractivity contribution in [1.29, 1.82) is 0 Å². The molecule has 5 nitrogen and oxygen atoms in total. The number of hydrogen-bond donors (Lipinski definition) is 3. The molecule has 0 amide bonds. The van der Waals surface area contributed by atoms with Crippen LogP contribution in [0.1, 0.15) is 5.56 Å². The Balaban J connectivity index is 1.88. The van der Waals surface area contributed by atoms with Crippen LogP contribution in [0.2, 0.25) is 0 Å². The molecular formula is C22H16FNO4. The second-order valence-corrected chi connectivity index (χ2v) is 6.30. The van der Waals surface area contributed by atoms with Gasteiger partial charge in [-0.25, -0.2) is 4.39 Å². The van der Waals surface area contributed by atoms with Crippen LogP contribution in [0.5, 0.6) is 11.5 Å². The number of rotatable bonds is 4. The quantitative estimate of drug-likeness (QED) is 0.483. The molecule has 140 valence electrons. The summed E-state index contributed by atoms with van der Waals surface area (Å²) in [5, 5.41) is 23.0. The van der Waals surface area contributed by atoms with Crippen molar-refractivity contribution < 1.29 is 19.0 Å². The van der Waals surface area contributed by atoms with Gasteiger partial charge in [0.25, 0.3) is 0 Å². The van der Waals surface area contributed by atoms with Crippen molar-refractivity contribution in [3.63, 3.8) is 0 Å². The van der Waals surface area contributed by atoms with E-state index in [1.165, 1.54) is 18.2 Å². The minimum absolute atomic E-state index is 0.00612. The monoisotopic (exact) mass is 377 g/mol. The highest BCUT2D eigenvalue weighted by Gasteiger charge is 2.19. The van der Waals surface area contributed by atoms with Gasteiger partial charge in [0.15, 0.2) is 0 Å². The fourth-order valence-corrected chi connectivity index (χ4v) is 3.06. The summed E-state index contributed by atoms with van der Waals surface area (Å²) in [7, 11) is 0. The lowest BCUT2D eigenvalue weighted by atomic mass is 10.0. The number of phenols is 2. The second kappa shape index (κ2) is 7.08. The topological polar surface area (TPSA) is 82.7 Å². The largest absolute Gasteiger partial charge is 0.508 e. The van der Waals surface area contributed by atoms with E-state index in [-0.39, 0.29) is 34.8 Å². The van der Waals surface area contributed by atoms with Gasteiger partial charge in [-0.15, -0.1) is 0 Å². The summed E-state index contributed by atoms with van der Waals surface area (Å²) in [4.78, 5) is 13.1. The van der Waals surface area contributed by atoms with Crippen molar-refractivity contribution in [3.05, 3.63) is 88.3 Å². The first kappa shape index (κ1) is 17.6. The normalized spacial score (nSPS) is 10.9. The van der Waals surface area contributed by atoms with Crippen LogP contribution < -0.4 is 10.7 Å². The summed E-state index contributed by atoms with van der Waals surface area (Å²) < 4.78 is 19.0. The first-order valence-electron chi connectivity index (χ1n) is 8.59. The van der Waals surface area contributed by atoms with E-state index in [0.717, 1.165) is 6.07 Å². The predicted molar refractivity (Wildman–Crippen MR) is 105 cm³/mol. The molecule has 0 aliphatic rings. The van der Waals surface area contributed by atoms with Gasteiger partial charge in [-0.2, -0.15) is 0 Å². The number of nitrogens with one attached hydrogen (secondary N) is 1. The summed E-state index contributed by atoms with van der Waals surface area (Å²) in [6.07, 6.45) is 0. The maximum atomic E-state index is 13.1. The molecule has 0 saturated carbocycles. The van der Waals surface area contributed by atoms with Crippen molar-refractivity contribution in [2.24, 2.45) is 0 Å². The average molecular weight is 377 g/mol. The minimum atomic E-state index is -0.410. The molecule has 0 fully saturated rings. The van der Waals surface area contributed by atoms with E-state index in [0.29, 0.717) is 22.6 Å². The average Bonchev–Trinajstić information content (AvgIpc) is 2.68. The van der Waals surface area contributed by atoms with Crippen molar-refractivity contribution in [3.8, 4) is 22.8 Å². The van der Waals surface area contributed by atoms with Gasteiger partial charge < -0.3 is 19.9 Å². The summed E-state index contributed by atoms with van der Waals surface area (Å²) in [5.74, 6) is -0.584. The van der Waals surface area contributed by atoms with Crippen molar-refractivity contribution in [1.82, 2.24) is 0 Å². The highest BCUT2D eigenvalue weighted by Crippen LogP contribution is 2.32. The first-order chi connectivity index (χ1) is 13.5. The minimum Gasteiger partial charge on any atom is -0.508 e. The molecule has 0 spiro atoms. The fourth-order valence-electron chi connectivity index (χ4n) is 3.06. The lowest BCUT2D eigenvalue weighted by molar-refractivity contribution is 0.452. The number of hydrogen-bond acceptors (Lipinski definition) is 5. The molecule has 4 aromatic rings. The van der Waals surface area contributed by atoms with E-state index in [4.69, 9.17) is 4.42 Å². The third-order valence-electron chi connectivity index (χ3n) is 4.40. The second-order valence-electron chi connectivity index (χ2n) is 6.30. The SMILES string of the molecule is O=c1c(CNc2ccc(F)cc2)c(-c2ccccc2)oc2cc(O)cc(O)c12. The number of aromatic hydroxyl groups is 2. The van der Waals surface area contributed by atoms with Gasteiger partial charge in [0.05, 0.1) is 5.56 Å². The predicted octanol–water partition coefficient (Wildman–Crippen LogP) is 4.62. The Bertz CT molecular complexity index is 1200. The smallest absolute Gasteiger partial charge is 0.202 e. The first-order valence-corrected chi connectivity index (χ1v) is 8.59. The van der Waals surface area contributed by atoms with Crippen molar-refractivity contribution in [2.75, 3.05) is 5.32 Å². The molecule has 4 rings (SSSR count). The van der Waals surface area contributed by atoms with Gasteiger partial charge >= 0.3 is 0 Å². The molecule has 3 N–H and O–H groups in total. The van der Waals surface area contributed by atoms with Gasteiger partial charge in [0, 0.05) is 29.9 Å². The van der Waals surface area contributed by atoms with E-state index in [2.05, 4.69) is 5.32 Å². The van der Waals surface area contributed by atoms with Crippen LogP contribution in [-0.2, 0) is 6.54 Å².